The SMILES string of the molecule is O=C(COc1ccccc1[N+](=O)[O-])Nc1cc(Cl)c(Cl)cc1Cl. The van der Waals surface area contributed by atoms with Gasteiger partial charge >= 0.3 is 5.69 Å². The zero-order valence-corrected chi connectivity index (χ0v) is 13.7. The third kappa shape index (κ3) is 4.48. The number of carbonyl (C=O) groups excluding carboxylic acids is 1. The van der Waals surface area contributed by atoms with Crippen molar-refractivity contribution in [3.63, 3.8) is 0 Å². The number of halogens is 3. The lowest BCUT2D eigenvalue weighted by atomic mass is 10.3. The second kappa shape index (κ2) is 7.50. The van der Waals surface area contributed by atoms with Crippen molar-refractivity contribution in [3.8, 4) is 5.75 Å². The highest BCUT2D eigenvalue weighted by Crippen LogP contribution is 2.32. The summed E-state index contributed by atoms with van der Waals surface area (Å²) in [6.45, 7) is -0.429. The lowest BCUT2D eigenvalue weighted by molar-refractivity contribution is -0.385. The maximum absolute atomic E-state index is 11.9. The number of anilines is 1. The maximum atomic E-state index is 11.9. The van der Waals surface area contributed by atoms with Gasteiger partial charge in [-0.3, -0.25) is 14.9 Å². The van der Waals surface area contributed by atoms with Crippen LogP contribution in [0.4, 0.5) is 11.4 Å². The lowest BCUT2D eigenvalue weighted by Crippen LogP contribution is -2.20. The molecule has 9 heteroatoms. The molecule has 0 saturated carbocycles. The highest BCUT2D eigenvalue weighted by Gasteiger charge is 2.15. The first-order valence-electron chi connectivity index (χ1n) is 6.19. The molecule has 0 fully saturated rings. The Labute approximate surface area is 146 Å². The Hall–Kier alpha value is -2.02. The molecule has 0 heterocycles. The molecule has 0 saturated heterocycles. The summed E-state index contributed by atoms with van der Waals surface area (Å²) < 4.78 is 5.17. The van der Waals surface area contributed by atoms with Crippen molar-refractivity contribution in [2.75, 3.05) is 11.9 Å². The summed E-state index contributed by atoms with van der Waals surface area (Å²) in [5, 5.41) is 14.0. The molecule has 0 aliphatic rings. The van der Waals surface area contributed by atoms with Crippen LogP contribution in [0.3, 0.4) is 0 Å². The minimum atomic E-state index is -0.594. The van der Waals surface area contributed by atoms with Crippen molar-refractivity contribution in [3.05, 3.63) is 61.6 Å². The van der Waals surface area contributed by atoms with Gasteiger partial charge in [-0.2, -0.15) is 0 Å². The molecule has 1 amide bonds. The molecule has 23 heavy (non-hydrogen) atoms. The van der Waals surface area contributed by atoms with Crippen LogP contribution in [-0.4, -0.2) is 17.4 Å². The van der Waals surface area contributed by atoms with Gasteiger partial charge in [0.05, 0.1) is 25.7 Å². The molecule has 1 N–H and O–H groups in total. The topological polar surface area (TPSA) is 81.5 Å². The zero-order chi connectivity index (χ0) is 17.0. The van der Waals surface area contributed by atoms with Gasteiger partial charge in [-0.05, 0) is 18.2 Å². The molecule has 0 bridgehead atoms. The molecule has 2 aromatic carbocycles. The smallest absolute Gasteiger partial charge is 0.310 e. The summed E-state index contributed by atoms with van der Waals surface area (Å²) >= 11 is 17.6. The van der Waals surface area contributed by atoms with Crippen LogP contribution in [0, 0.1) is 10.1 Å². The minimum Gasteiger partial charge on any atom is -0.477 e. The molecular formula is C14H9Cl3N2O4. The van der Waals surface area contributed by atoms with Crippen LogP contribution in [0.25, 0.3) is 0 Å². The Kier molecular flexibility index (Phi) is 5.65. The van der Waals surface area contributed by atoms with E-state index in [0.29, 0.717) is 0 Å². The monoisotopic (exact) mass is 374 g/mol. The summed E-state index contributed by atoms with van der Waals surface area (Å²) in [4.78, 5) is 22.1. The fraction of sp³-hybridized carbons (Fsp3) is 0.0714. The number of benzene rings is 2. The van der Waals surface area contributed by atoms with E-state index in [4.69, 9.17) is 39.5 Å². The van der Waals surface area contributed by atoms with Gasteiger partial charge in [0.15, 0.2) is 12.4 Å². The molecule has 0 aliphatic carbocycles. The first-order chi connectivity index (χ1) is 10.9. The second-order valence-corrected chi connectivity index (χ2v) is 5.53. The van der Waals surface area contributed by atoms with E-state index in [1.54, 1.807) is 6.07 Å². The van der Waals surface area contributed by atoms with Crippen LogP contribution in [0.1, 0.15) is 0 Å². The molecule has 0 unspecified atom stereocenters. The van der Waals surface area contributed by atoms with E-state index in [2.05, 4.69) is 5.32 Å². The Morgan fingerprint density at radius 3 is 2.48 bits per heavy atom. The molecular weight excluding hydrogens is 367 g/mol. The predicted octanol–water partition coefficient (Wildman–Crippen LogP) is 4.57. The van der Waals surface area contributed by atoms with Crippen molar-refractivity contribution in [1.29, 1.82) is 0 Å². The quantitative estimate of drug-likeness (QED) is 0.471. The number of nitrogens with one attached hydrogen (secondary N) is 1. The molecule has 120 valence electrons. The van der Waals surface area contributed by atoms with E-state index in [-0.39, 0.29) is 32.2 Å². The predicted molar refractivity (Wildman–Crippen MR) is 88.7 cm³/mol. The van der Waals surface area contributed by atoms with E-state index in [9.17, 15) is 14.9 Å². The standard InChI is InChI=1S/C14H9Cl3N2O4/c15-8-5-10(17)11(6-9(8)16)18-14(20)7-23-13-4-2-1-3-12(13)19(21)22/h1-6H,7H2,(H,18,20). The van der Waals surface area contributed by atoms with Crippen LogP contribution in [0.5, 0.6) is 5.75 Å². The Balaban J connectivity index is 2.04. The van der Waals surface area contributed by atoms with E-state index in [1.807, 2.05) is 0 Å². The molecule has 0 atom stereocenters. The fourth-order valence-electron chi connectivity index (χ4n) is 1.68. The first-order valence-corrected chi connectivity index (χ1v) is 7.32. The van der Waals surface area contributed by atoms with E-state index >= 15 is 0 Å². The van der Waals surface area contributed by atoms with Crippen LogP contribution < -0.4 is 10.1 Å². The van der Waals surface area contributed by atoms with Crippen molar-refractivity contribution in [2.45, 2.75) is 0 Å². The summed E-state index contributed by atoms with van der Waals surface area (Å²) in [6.07, 6.45) is 0. The molecule has 0 aromatic heterocycles. The Bertz CT molecular complexity index is 768. The minimum absolute atomic E-state index is 0.00659. The number of carbonyl (C=O) groups is 1. The van der Waals surface area contributed by atoms with Crippen molar-refractivity contribution < 1.29 is 14.5 Å². The van der Waals surface area contributed by atoms with Crippen molar-refractivity contribution in [2.24, 2.45) is 0 Å². The van der Waals surface area contributed by atoms with E-state index in [1.165, 1.54) is 30.3 Å². The number of para-hydroxylation sites is 2. The van der Waals surface area contributed by atoms with Crippen molar-refractivity contribution in [1.82, 2.24) is 0 Å². The van der Waals surface area contributed by atoms with Gasteiger partial charge in [0.1, 0.15) is 0 Å². The number of ether oxygens (including phenoxy) is 1. The molecule has 2 rings (SSSR count). The summed E-state index contributed by atoms with van der Waals surface area (Å²) in [5.74, 6) is -0.559. The van der Waals surface area contributed by atoms with E-state index < -0.39 is 17.4 Å². The van der Waals surface area contributed by atoms with Gasteiger partial charge in [0, 0.05) is 6.07 Å². The largest absolute Gasteiger partial charge is 0.477 e. The third-order valence-electron chi connectivity index (χ3n) is 2.70. The van der Waals surface area contributed by atoms with Gasteiger partial charge in [-0.25, -0.2) is 0 Å². The molecule has 0 aliphatic heterocycles. The van der Waals surface area contributed by atoms with Gasteiger partial charge < -0.3 is 10.1 Å². The van der Waals surface area contributed by atoms with Gasteiger partial charge in [-0.1, -0.05) is 46.9 Å². The van der Waals surface area contributed by atoms with Crippen LogP contribution in [0.2, 0.25) is 15.1 Å². The van der Waals surface area contributed by atoms with E-state index in [0.717, 1.165) is 0 Å². The number of amides is 1. The second-order valence-electron chi connectivity index (χ2n) is 4.31. The number of nitro groups is 1. The summed E-state index contributed by atoms with van der Waals surface area (Å²) in [6, 6.07) is 8.54. The lowest BCUT2D eigenvalue weighted by Gasteiger charge is -2.10. The number of nitrogens with zero attached hydrogens (tertiary/aromatic N) is 1. The number of hydrogen-bond donors (Lipinski definition) is 1. The zero-order valence-electron chi connectivity index (χ0n) is 11.4. The first kappa shape index (κ1) is 17.3. The maximum Gasteiger partial charge on any atom is 0.310 e. The number of nitro benzene ring substituents is 1. The molecule has 6 nitrogen and oxygen atoms in total. The average Bonchev–Trinajstić information content (AvgIpc) is 2.50. The van der Waals surface area contributed by atoms with Crippen LogP contribution in [-0.2, 0) is 4.79 Å². The van der Waals surface area contributed by atoms with Gasteiger partial charge in [-0.15, -0.1) is 0 Å². The number of hydrogen-bond acceptors (Lipinski definition) is 4. The summed E-state index contributed by atoms with van der Waals surface area (Å²) in [5.41, 5.74) is 0.0325. The van der Waals surface area contributed by atoms with Crippen molar-refractivity contribution >= 4 is 52.1 Å². The highest BCUT2D eigenvalue weighted by molar-refractivity contribution is 6.44. The molecule has 2 aromatic rings. The Morgan fingerprint density at radius 2 is 1.78 bits per heavy atom. The van der Waals surface area contributed by atoms with Gasteiger partial charge in [0.2, 0.25) is 0 Å². The number of rotatable bonds is 5. The average molecular weight is 376 g/mol. The molecule has 0 radical (unpaired) electrons. The normalized spacial score (nSPS) is 10.2. The third-order valence-corrected chi connectivity index (χ3v) is 3.74. The fourth-order valence-corrected chi connectivity index (χ4v) is 2.27. The van der Waals surface area contributed by atoms with Crippen LogP contribution in [0.15, 0.2) is 36.4 Å². The Morgan fingerprint density at radius 1 is 1.13 bits per heavy atom. The summed E-state index contributed by atoms with van der Waals surface area (Å²) in [7, 11) is 0. The van der Waals surface area contributed by atoms with Gasteiger partial charge in [0.25, 0.3) is 5.91 Å². The highest BCUT2D eigenvalue weighted by atomic mass is 35.5. The van der Waals surface area contributed by atoms with Crippen LogP contribution >= 0.6 is 34.8 Å². The molecule has 0 spiro atoms.